The Morgan fingerprint density at radius 1 is 1.35 bits per heavy atom. The van der Waals surface area contributed by atoms with Gasteiger partial charge in [0.1, 0.15) is 0 Å². The molecule has 0 atom stereocenters. The maximum absolute atomic E-state index is 12.0. The fraction of sp³-hybridized carbons (Fsp3) is 0.500. The molecule has 8 nitrogen and oxygen atoms in total. The van der Waals surface area contributed by atoms with Crippen LogP contribution in [0.25, 0.3) is 0 Å². The van der Waals surface area contributed by atoms with Crippen LogP contribution in [-0.2, 0) is 16.6 Å². The summed E-state index contributed by atoms with van der Waals surface area (Å²) < 4.78 is 23.5. The van der Waals surface area contributed by atoms with Crippen LogP contribution >= 0.6 is 0 Å². The van der Waals surface area contributed by atoms with Crippen LogP contribution < -0.4 is 5.32 Å². The molecule has 2 fully saturated rings. The molecule has 1 saturated carbocycles. The molecule has 0 radical (unpaired) electrons. The van der Waals surface area contributed by atoms with Crippen LogP contribution in [0.3, 0.4) is 0 Å². The molecule has 1 N–H and O–H groups in total. The molecule has 1 aliphatic carbocycles. The van der Waals surface area contributed by atoms with Gasteiger partial charge in [0, 0.05) is 24.4 Å². The average molecular weight is 338 g/mol. The Bertz CT molecular complexity index is 728. The predicted octanol–water partition coefficient (Wildman–Crippen LogP) is 0.866. The molecular weight excluding hydrogens is 320 g/mol. The zero-order chi connectivity index (χ0) is 16.6. The van der Waals surface area contributed by atoms with Gasteiger partial charge < -0.3 is 5.32 Å². The van der Waals surface area contributed by atoms with Crippen molar-refractivity contribution in [2.45, 2.75) is 25.3 Å². The van der Waals surface area contributed by atoms with Crippen molar-refractivity contribution < 1.29 is 18.0 Å². The van der Waals surface area contributed by atoms with Gasteiger partial charge in [0.05, 0.1) is 19.3 Å². The van der Waals surface area contributed by atoms with Gasteiger partial charge in [-0.05, 0) is 24.5 Å². The Hall–Kier alpha value is -2.16. The number of aromatic nitrogens is 1. The number of urea groups is 2. The topological polar surface area (TPSA) is 99.7 Å². The van der Waals surface area contributed by atoms with Crippen molar-refractivity contribution in [3.63, 3.8) is 0 Å². The third-order valence-electron chi connectivity index (χ3n) is 3.90. The van der Waals surface area contributed by atoms with E-state index in [4.69, 9.17) is 0 Å². The zero-order valence-electron chi connectivity index (χ0n) is 12.7. The summed E-state index contributed by atoms with van der Waals surface area (Å²) >= 11 is 0. The number of nitrogens with one attached hydrogen (secondary N) is 1. The molecule has 0 spiro atoms. The van der Waals surface area contributed by atoms with Gasteiger partial charge in [-0.15, -0.1) is 0 Å². The summed E-state index contributed by atoms with van der Waals surface area (Å²) in [5.41, 5.74) is 1.90. The normalized spacial score (nSPS) is 18.4. The number of carbonyl (C=O) groups is 2. The number of carbonyl (C=O) groups excluding carboxylic acids is 2. The Balaban J connectivity index is 1.56. The summed E-state index contributed by atoms with van der Waals surface area (Å²) in [6, 6.07) is 2.43. The van der Waals surface area contributed by atoms with Crippen molar-refractivity contribution >= 4 is 22.1 Å². The molecule has 0 unspecified atom stereocenters. The minimum absolute atomic E-state index is 0.0112. The monoisotopic (exact) mass is 338 g/mol. The Morgan fingerprint density at radius 2 is 2.09 bits per heavy atom. The molecule has 9 heteroatoms. The number of hydrogen-bond acceptors (Lipinski definition) is 5. The van der Waals surface area contributed by atoms with E-state index in [1.54, 1.807) is 6.20 Å². The molecule has 0 bridgehead atoms. The molecule has 23 heavy (non-hydrogen) atoms. The summed E-state index contributed by atoms with van der Waals surface area (Å²) in [6.45, 7) is 0.277. The van der Waals surface area contributed by atoms with Crippen molar-refractivity contribution in [2.24, 2.45) is 0 Å². The second-order valence-electron chi connectivity index (χ2n) is 5.79. The van der Waals surface area contributed by atoms with Crippen LogP contribution in [0.15, 0.2) is 18.3 Å². The third-order valence-corrected chi connectivity index (χ3v) is 5.04. The highest BCUT2D eigenvalue weighted by Gasteiger charge is 2.38. The second-order valence-corrected chi connectivity index (χ2v) is 7.70. The van der Waals surface area contributed by atoms with Crippen LogP contribution in [0, 0.1) is 0 Å². The van der Waals surface area contributed by atoms with Gasteiger partial charge in [0.25, 0.3) is 0 Å². The summed E-state index contributed by atoms with van der Waals surface area (Å²) in [5.74, 6) is 0.572. The van der Waals surface area contributed by atoms with Crippen LogP contribution in [-0.4, -0.2) is 54.0 Å². The number of imide groups is 1. The lowest BCUT2D eigenvalue weighted by atomic mass is 10.2. The van der Waals surface area contributed by atoms with Crippen molar-refractivity contribution in [2.75, 3.05) is 19.3 Å². The second kappa shape index (κ2) is 5.80. The highest BCUT2D eigenvalue weighted by Crippen LogP contribution is 2.38. The first-order valence-corrected chi connectivity index (χ1v) is 9.23. The van der Waals surface area contributed by atoms with E-state index < -0.39 is 22.1 Å². The minimum Gasteiger partial charge on any atom is -0.333 e. The van der Waals surface area contributed by atoms with Gasteiger partial charge in [0.2, 0.25) is 10.0 Å². The first kappa shape index (κ1) is 15.7. The number of nitrogens with zero attached hydrogens (tertiary/aromatic N) is 3. The summed E-state index contributed by atoms with van der Waals surface area (Å²) in [7, 11) is -3.64. The molecule has 2 aliphatic rings. The first-order valence-electron chi connectivity index (χ1n) is 7.38. The van der Waals surface area contributed by atoms with Crippen molar-refractivity contribution in [3.8, 4) is 0 Å². The molecule has 1 saturated heterocycles. The van der Waals surface area contributed by atoms with E-state index >= 15 is 0 Å². The van der Waals surface area contributed by atoms with E-state index in [2.05, 4.69) is 10.3 Å². The highest BCUT2D eigenvalue weighted by atomic mass is 32.2. The molecule has 1 aromatic rings. The number of amides is 4. The lowest BCUT2D eigenvalue weighted by molar-refractivity contribution is 0.193. The van der Waals surface area contributed by atoms with Gasteiger partial charge in [0.15, 0.2) is 0 Å². The SMILES string of the molecule is CS(=O)(=O)N1CCN(C(=O)NCc2ccc(C3CC3)nc2)C1=O. The molecule has 2 heterocycles. The fourth-order valence-electron chi connectivity index (χ4n) is 2.45. The van der Waals surface area contributed by atoms with Crippen LogP contribution in [0.1, 0.15) is 30.0 Å². The standard InChI is InChI=1S/C14H18N4O4S/c1-23(21,22)18-7-6-17(14(18)20)13(19)16-9-10-2-5-12(15-8-10)11-3-4-11/h2,5,8,11H,3-4,6-7,9H2,1H3,(H,16,19). The molecule has 1 aromatic heterocycles. The summed E-state index contributed by atoms with van der Waals surface area (Å²) in [5, 5.41) is 2.61. The molecule has 3 rings (SSSR count). The molecule has 0 aromatic carbocycles. The Labute approximate surface area is 134 Å². The number of sulfonamides is 1. The first-order chi connectivity index (χ1) is 10.9. The Morgan fingerprint density at radius 3 is 2.61 bits per heavy atom. The van der Waals surface area contributed by atoms with Gasteiger partial charge >= 0.3 is 12.1 Å². The largest absolute Gasteiger partial charge is 0.341 e. The average Bonchev–Trinajstić information content (AvgIpc) is 3.26. The van der Waals surface area contributed by atoms with E-state index in [1.165, 1.54) is 12.8 Å². The molecule has 124 valence electrons. The van der Waals surface area contributed by atoms with Gasteiger partial charge in [-0.3, -0.25) is 4.98 Å². The zero-order valence-corrected chi connectivity index (χ0v) is 13.5. The molecule has 1 aliphatic heterocycles. The lowest BCUT2D eigenvalue weighted by Gasteiger charge is -2.16. The van der Waals surface area contributed by atoms with Crippen LogP contribution in [0.5, 0.6) is 0 Å². The minimum atomic E-state index is -3.64. The van der Waals surface area contributed by atoms with E-state index in [9.17, 15) is 18.0 Å². The van der Waals surface area contributed by atoms with E-state index in [-0.39, 0.29) is 19.6 Å². The van der Waals surface area contributed by atoms with E-state index in [0.29, 0.717) is 10.2 Å². The van der Waals surface area contributed by atoms with Crippen molar-refractivity contribution in [1.29, 1.82) is 0 Å². The van der Waals surface area contributed by atoms with E-state index in [0.717, 1.165) is 22.4 Å². The molecule has 4 amide bonds. The number of hydrogen-bond donors (Lipinski definition) is 1. The van der Waals surface area contributed by atoms with Gasteiger partial charge in [-0.1, -0.05) is 6.07 Å². The number of pyridine rings is 1. The maximum atomic E-state index is 12.0. The maximum Gasteiger partial charge on any atom is 0.341 e. The highest BCUT2D eigenvalue weighted by molar-refractivity contribution is 7.88. The summed E-state index contributed by atoms with van der Waals surface area (Å²) in [4.78, 5) is 29.2. The Kier molecular flexibility index (Phi) is 3.97. The fourth-order valence-corrected chi connectivity index (χ4v) is 3.24. The van der Waals surface area contributed by atoms with Crippen molar-refractivity contribution in [1.82, 2.24) is 19.5 Å². The predicted molar refractivity (Wildman–Crippen MR) is 82.1 cm³/mol. The van der Waals surface area contributed by atoms with Crippen LogP contribution in [0.2, 0.25) is 0 Å². The van der Waals surface area contributed by atoms with Gasteiger partial charge in [-0.2, -0.15) is 0 Å². The quantitative estimate of drug-likeness (QED) is 0.878. The van der Waals surface area contributed by atoms with Gasteiger partial charge in [-0.25, -0.2) is 27.2 Å². The lowest BCUT2D eigenvalue weighted by Crippen LogP contribution is -2.43. The summed E-state index contributed by atoms with van der Waals surface area (Å²) in [6.07, 6.45) is 5.01. The molecular formula is C14H18N4O4S. The van der Waals surface area contributed by atoms with Crippen molar-refractivity contribution in [3.05, 3.63) is 29.6 Å². The van der Waals surface area contributed by atoms with E-state index in [1.807, 2.05) is 12.1 Å². The smallest absolute Gasteiger partial charge is 0.333 e. The number of rotatable bonds is 4. The third kappa shape index (κ3) is 3.44. The van der Waals surface area contributed by atoms with Crippen LogP contribution in [0.4, 0.5) is 9.59 Å².